The van der Waals surface area contributed by atoms with Crippen LogP contribution in [0.2, 0.25) is 0 Å². The van der Waals surface area contributed by atoms with Crippen molar-refractivity contribution < 1.29 is 12.8 Å². The lowest BCUT2D eigenvalue weighted by molar-refractivity contribution is 0.597. The van der Waals surface area contributed by atoms with Gasteiger partial charge < -0.3 is 9.73 Å². The Kier molecular flexibility index (Phi) is 2.59. The van der Waals surface area contributed by atoms with Crippen LogP contribution in [-0.4, -0.2) is 26.2 Å². The van der Waals surface area contributed by atoms with Crippen molar-refractivity contribution in [2.45, 2.75) is 11.8 Å². The van der Waals surface area contributed by atoms with Gasteiger partial charge >= 0.3 is 0 Å². The maximum absolute atomic E-state index is 11.6. The highest BCUT2D eigenvalue weighted by Gasteiger charge is 2.13. The number of oxazole rings is 1. The zero-order valence-corrected chi connectivity index (χ0v) is 9.84. The number of sulfone groups is 1. The second-order valence-electron chi connectivity index (χ2n) is 3.30. The van der Waals surface area contributed by atoms with Crippen LogP contribution in [0.25, 0.3) is 11.1 Å². The summed E-state index contributed by atoms with van der Waals surface area (Å²) >= 11 is 0. The summed E-state index contributed by atoms with van der Waals surface area (Å²) in [6, 6.07) is 5.05. The van der Waals surface area contributed by atoms with E-state index in [0.717, 1.165) is 0 Å². The zero-order valence-electron chi connectivity index (χ0n) is 9.02. The van der Waals surface area contributed by atoms with Crippen LogP contribution in [-0.2, 0) is 9.84 Å². The standard InChI is InChI=1S/C10H12N2O3S/c1-3-16(13,14)7-4-5-9-8(6-7)12-10(11-2)15-9/h4-6H,3H2,1-2H3,(H,11,12). The monoisotopic (exact) mass is 240 g/mol. The maximum atomic E-state index is 11.6. The van der Waals surface area contributed by atoms with E-state index in [1.165, 1.54) is 12.1 Å². The molecule has 1 aromatic carbocycles. The van der Waals surface area contributed by atoms with Crippen LogP contribution >= 0.6 is 0 Å². The number of fused-ring (bicyclic) bond motifs is 1. The van der Waals surface area contributed by atoms with E-state index in [2.05, 4.69) is 10.3 Å². The molecule has 1 N–H and O–H groups in total. The first kappa shape index (κ1) is 10.9. The molecule has 0 aliphatic carbocycles. The minimum Gasteiger partial charge on any atom is -0.424 e. The van der Waals surface area contributed by atoms with E-state index < -0.39 is 9.84 Å². The van der Waals surface area contributed by atoms with Gasteiger partial charge in [-0.25, -0.2) is 8.42 Å². The van der Waals surface area contributed by atoms with Crippen molar-refractivity contribution in [3.63, 3.8) is 0 Å². The van der Waals surface area contributed by atoms with Crippen molar-refractivity contribution in [2.75, 3.05) is 18.1 Å². The molecule has 0 atom stereocenters. The van der Waals surface area contributed by atoms with E-state index in [0.29, 0.717) is 17.1 Å². The molecule has 0 spiro atoms. The minimum absolute atomic E-state index is 0.0786. The van der Waals surface area contributed by atoms with E-state index in [4.69, 9.17) is 4.42 Å². The molecular weight excluding hydrogens is 228 g/mol. The number of rotatable bonds is 3. The fraction of sp³-hybridized carbons (Fsp3) is 0.300. The molecule has 0 saturated heterocycles. The minimum atomic E-state index is -3.19. The molecular formula is C10H12N2O3S. The highest BCUT2D eigenvalue weighted by Crippen LogP contribution is 2.22. The lowest BCUT2D eigenvalue weighted by atomic mass is 10.3. The fourth-order valence-electron chi connectivity index (χ4n) is 1.37. The molecule has 86 valence electrons. The molecule has 0 unspecified atom stereocenters. The van der Waals surface area contributed by atoms with Gasteiger partial charge in [0, 0.05) is 7.05 Å². The maximum Gasteiger partial charge on any atom is 0.295 e. The van der Waals surface area contributed by atoms with Crippen molar-refractivity contribution in [1.82, 2.24) is 4.98 Å². The summed E-state index contributed by atoms with van der Waals surface area (Å²) in [4.78, 5) is 4.37. The molecule has 1 heterocycles. The predicted octanol–water partition coefficient (Wildman–Crippen LogP) is 1.66. The molecule has 5 nitrogen and oxygen atoms in total. The zero-order chi connectivity index (χ0) is 11.8. The normalized spacial score (nSPS) is 11.9. The van der Waals surface area contributed by atoms with Gasteiger partial charge in [-0.3, -0.25) is 0 Å². The first-order chi connectivity index (χ1) is 7.56. The van der Waals surface area contributed by atoms with Crippen LogP contribution < -0.4 is 5.32 Å². The average Bonchev–Trinajstić information content (AvgIpc) is 2.70. The number of nitrogens with zero attached hydrogens (tertiary/aromatic N) is 1. The number of hydrogen-bond donors (Lipinski definition) is 1. The van der Waals surface area contributed by atoms with Gasteiger partial charge in [0.25, 0.3) is 6.01 Å². The summed E-state index contributed by atoms with van der Waals surface area (Å²) in [6.45, 7) is 1.61. The molecule has 0 amide bonds. The van der Waals surface area contributed by atoms with Crippen molar-refractivity contribution in [2.24, 2.45) is 0 Å². The Morgan fingerprint density at radius 2 is 2.19 bits per heavy atom. The summed E-state index contributed by atoms with van der Waals surface area (Å²) in [7, 11) is -1.50. The number of anilines is 1. The largest absolute Gasteiger partial charge is 0.424 e. The summed E-state index contributed by atoms with van der Waals surface area (Å²) in [5.74, 6) is 0.0786. The van der Waals surface area contributed by atoms with Gasteiger partial charge in [0.2, 0.25) is 0 Å². The van der Waals surface area contributed by atoms with Gasteiger partial charge in [-0.05, 0) is 18.2 Å². The van der Waals surface area contributed by atoms with Gasteiger partial charge in [0.05, 0.1) is 10.6 Å². The van der Waals surface area contributed by atoms with Gasteiger partial charge in [-0.15, -0.1) is 0 Å². The molecule has 2 rings (SSSR count). The molecule has 0 aliphatic rings. The number of aromatic nitrogens is 1. The van der Waals surface area contributed by atoms with Crippen molar-refractivity contribution in [3.8, 4) is 0 Å². The smallest absolute Gasteiger partial charge is 0.295 e. The van der Waals surface area contributed by atoms with Crippen molar-refractivity contribution in [1.29, 1.82) is 0 Å². The molecule has 0 fully saturated rings. The van der Waals surface area contributed by atoms with Crippen LogP contribution in [0.3, 0.4) is 0 Å². The van der Waals surface area contributed by atoms with E-state index in [1.807, 2.05) is 0 Å². The molecule has 0 radical (unpaired) electrons. The van der Waals surface area contributed by atoms with Gasteiger partial charge in [-0.1, -0.05) is 6.92 Å². The number of benzene rings is 1. The second kappa shape index (κ2) is 3.79. The second-order valence-corrected chi connectivity index (χ2v) is 5.58. The van der Waals surface area contributed by atoms with Gasteiger partial charge in [0.15, 0.2) is 15.4 Å². The molecule has 16 heavy (non-hydrogen) atoms. The van der Waals surface area contributed by atoms with Crippen LogP contribution in [0.4, 0.5) is 6.01 Å². The van der Waals surface area contributed by atoms with Crippen LogP contribution in [0.1, 0.15) is 6.92 Å². The third kappa shape index (κ3) is 1.76. The van der Waals surface area contributed by atoms with Gasteiger partial charge in [-0.2, -0.15) is 4.98 Å². The first-order valence-corrected chi connectivity index (χ1v) is 6.53. The Morgan fingerprint density at radius 1 is 1.44 bits per heavy atom. The van der Waals surface area contributed by atoms with E-state index in [-0.39, 0.29) is 10.6 Å². The van der Waals surface area contributed by atoms with Crippen LogP contribution in [0.15, 0.2) is 27.5 Å². The third-order valence-electron chi connectivity index (χ3n) is 2.31. The highest BCUT2D eigenvalue weighted by atomic mass is 32.2. The molecule has 0 bridgehead atoms. The fourth-order valence-corrected chi connectivity index (χ4v) is 2.27. The van der Waals surface area contributed by atoms with Crippen molar-refractivity contribution in [3.05, 3.63) is 18.2 Å². The Hall–Kier alpha value is -1.56. The summed E-state index contributed by atoms with van der Waals surface area (Å²) in [6.07, 6.45) is 0. The quantitative estimate of drug-likeness (QED) is 0.883. The third-order valence-corrected chi connectivity index (χ3v) is 4.04. The Balaban J connectivity index is 2.60. The molecule has 0 aliphatic heterocycles. The Bertz CT molecular complexity index is 616. The Labute approximate surface area is 93.4 Å². The van der Waals surface area contributed by atoms with Gasteiger partial charge in [0.1, 0.15) is 5.52 Å². The number of hydrogen-bond acceptors (Lipinski definition) is 5. The van der Waals surface area contributed by atoms with Crippen molar-refractivity contribution >= 4 is 27.0 Å². The molecule has 0 saturated carbocycles. The lowest BCUT2D eigenvalue weighted by Crippen LogP contribution is -2.03. The molecule has 6 heteroatoms. The van der Waals surface area contributed by atoms with Crippen LogP contribution in [0, 0.1) is 0 Å². The summed E-state index contributed by atoms with van der Waals surface area (Å²) in [5, 5.41) is 2.76. The molecule has 1 aromatic heterocycles. The summed E-state index contributed by atoms with van der Waals surface area (Å²) < 4.78 is 28.6. The lowest BCUT2D eigenvalue weighted by Gasteiger charge is -1.99. The topological polar surface area (TPSA) is 72.2 Å². The van der Waals surface area contributed by atoms with E-state index in [1.54, 1.807) is 20.0 Å². The Morgan fingerprint density at radius 3 is 2.81 bits per heavy atom. The predicted molar refractivity (Wildman–Crippen MR) is 61.3 cm³/mol. The number of nitrogens with one attached hydrogen (secondary N) is 1. The van der Waals surface area contributed by atoms with E-state index >= 15 is 0 Å². The highest BCUT2D eigenvalue weighted by molar-refractivity contribution is 7.91. The first-order valence-electron chi connectivity index (χ1n) is 4.88. The van der Waals surface area contributed by atoms with E-state index in [9.17, 15) is 8.42 Å². The SMILES string of the molecule is CCS(=O)(=O)c1ccc2oc(NC)nc2c1. The average molecular weight is 240 g/mol. The molecule has 2 aromatic rings. The summed E-state index contributed by atoms with van der Waals surface area (Å²) in [5.41, 5.74) is 1.11. The van der Waals surface area contributed by atoms with Crippen LogP contribution in [0.5, 0.6) is 0 Å².